The highest BCUT2D eigenvalue weighted by molar-refractivity contribution is 7.80. The fourth-order valence-corrected chi connectivity index (χ4v) is 6.08. The summed E-state index contributed by atoms with van der Waals surface area (Å²) in [6.45, 7) is 0. The Bertz CT molecular complexity index is 1560. The van der Waals surface area contributed by atoms with E-state index in [1.807, 2.05) is 30.3 Å². The summed E-state index contributed by atoms with van der Waals surface area (Å²) in [5.74, 6) is 0.422. The molecule has 2 heterocycles. The Morgan fingerprint density at radius 2 is 1.54 bits per heavy atom. The predicted octanol–water partition coefficient (Wildman–Crippen LogP) is 6.06. The molecule has 0 atom stereocenters. The van der Waals surface area contributed by atoms with Gasteiger partial charge in [-0.3, -0.25) is 19.8 Å². The molecule has 1 N–H and O–H groups in total. The quantitative estimate of drug-likeness (QED) is 0.201. The molecular formula is C30H22N2O3S2. The molecule has 2 aliphatic rings. The van der Waals surface area contributed by atoms with Gasteiger partial charge in [0.2, 0.25) is 0 Å². The number of nitrogens with one attached hydrogen (secondary N) is 1. The number of thiocarbonyl (C=S) groups is 1. The van der Waals surface area contributed by atoms with Crippen molar-refractivity contribution in [2.45, 2.75) is 19.3 Å². The molecule has 6 rings (SSSR count). The molecule has 7 heteroatoms. The first-order chi connectivity index (χ1) is 18.0. The Hall–Kier alpha value is -4.07. The van der Waals surface area contributed by atoms with Crippen molar-refractivity contribution in [1.82, 2.24) is 5.32 Å². The Balaban J connectivity index is 1.25. The molecule has 0 unspecified atom stereocenters. The Morgan fingerprint density at radius 3 is 2.32 bits per heavy atom. The maximum absolute atomic E-state index is 13.5. The molecule has 1 aliphatic carbocycles. The first-order valence-corrected chi connectivity index (χ1v) is 13.2. The van der Waals surface area contributed by atoms with E-state index >= 15 is 0 Å². The minimum absolute atomic E-state index is 0.0578. The standard InChI is InChI=1S/C30H22N2O3S2/c33-28-26(18-25-17-21-16-20-7-5-4-6-19(20)10-15-27(21)37-25)29(34)32(30(36)31-28)22-11-13-24(14-12-22)35-23-8-2-1-3-9-23/h1-9,11-14,17-18H,10,15-16H2,(H,31,33,36). The number of carbonyl (C=O) groups is 2. The molecule has 2 amide bonds. The van der Waals surface area contributed by atoms with Crippen LogP contribution in [0, 0.1) is 0 Å². The third-order valence-corrected chi connectivity index (χ3v) is 7.97. The van der Waals surface area contributed by atoms with Crippen LogP contribution in [0.15, 0.2) is 90.5 Å². The summed E-state index contributed by atoms with van der Waals surface area (Å²) in [5, 5.41) is 2.73. The van der Waals surface area contributed by atoms with Crippen LogP contribution in [-0.2, 0) is 28.9 Å². The summed E-state index contributed by atoms with van der Waals surface area (Å²) in [4.78, 5) is 29.8. The minimum Gasteiger partial charge on any atom is -0.457 e. The van der Waals surface area contributed by atoms with Gasteiger partial charge in [-0.2, -0.15) is 0 Å². The number of aryl methyl sites for hydroxylation is 2. The van der Waals surface area contributed by atoms with Crippen molar-refractivity contribution in [3.05, 3.63) is 117 Å². The van der Waals surface area contributed by atoms with Gasteiger partial charge >= 0.3 is 0 Å². The van der Waals surface area contributed by atoms with E-state index in [0.717, 1.165) is 29.9 Å². The number of thiophene rings is 1. The lowest BCUT2D eigenvalue weighted by molar-refractivity contribution is -0.122. The van der Waals surface area contributed by atoms with E-state index in [4.69, 9.17) is 17.0 Å². The van der Waals surface area contributed by atoms with Crippen molar-refractivity contribution in [2.24, 2.45) is 0 Å². The topological polar surface area (TPSA) is 58.6 Å². The molecule has 0 bridgehead atoms. The van der Waals surface area contributed by atoms with Crippen LogP contribution in [0.4, 0.5) is 5.69 Å². The van der Waals surface area contributed by atoms with Gasteiger partial charge in [0.05, 0.1) is 5.69 Å². The van der Waals surface area contributed by atoms with Crippen molar-refractivity contribution in [2.75, 3.05) is 4.90 Å². The molecule has 0 saturated carbocycles. The molecule has 5 nitrogen and oxygen atoms in total. The highest BCUT2D eigenvalue weighted by atomic mass is 32.1. The second-order valence-corrected chi connectivity index (χ2v) is 10.5. The molecular weight excluding hydrogens is 500 g/mol. The summed E-state index contributed by atoms with van der Waals surface area (Å²) in [5.41, 5.74) is 4.60. The lowest BCUT2D eigenvalue weighted by atomic mass is 10.0. The zero-order chi connectivity index (χ0) is 25.4. The number of amides is 2. The minimum atomic E-state index is -0.482. The van der Waals surface area contributed by atoms with Gasteiger partial charge in [-0.1, -0.05) is 42.5 Å². The van der Waals surface area contributed by atoms with Gasteiger partial charge in [0, 0.05) is 9.75 Å². The summed E-state index contributed by atoms with van der Waals surface area (Å²) >= 11 is 7.00. The maximum atomic E-state index is 13.5. The highest BCUT2D eigenvalue weighted by Gasteiger charge is 2.34. The van der Waals surface area contributed by atoms with Crippen LogP contribution < -0.4 is 15.0 Å². The summed E-state index contributed by atoms with van der Waals surface area (Å²) in [6.07, 6.45) is 4.49. The molecule has 37 heavy (non-hydrogen) atoms. The van der Waals surface area contributed by atoms with Crippen LogP contribution in [-0.4, -0.2) is 16.9 Å². The summed E-state index contributed by atoms with van der Waals surface area (Å²) in [6, 6.07) is 27.1. The van der Waals surface area contributed by atoms with Crippen LogP contribution in [0.3, 0.4) is 0 Å². The lowest BCUT2D eigenvalue weighted by Crippen LogP contribution is -2.54. The van der Waals surface area contributed by atoms with Crippen molar-refractivity contribution in [3.8, 4) is 11.5 Å². The van der Waals surface area contributed by atoms with E-state index in [2.05, 4.69) is 35.6 Å². The number of rotatable bonds is 4. The van der Waals surface area contributed by atoms with Crippen molar-refractivity contribution < 1.29 is 14.3 Å². The second-order valence-electron chi connectivity index (χ2n) is 8.91. The molecule has 0 radical (unpaired) electrons. The fraction of sp³-hybridized carbons (Fsp3) is 0.100. The number of ether oxygens (including phenoxy) is 1. The molecule has 1 fully saturated rings. The van der Waals surface area contributed by atoms with Crippen LogP contribution in [0.5, 0.6) is 11.5 Å². The van der Waals surface area contributed by atoms with E-state index in [1.165, 1.54) is 26.5 Å². The van der Waals surface area contributed by atoms with Gasteiger partial charge in [0.15, 0.2) is 5.11 Å². The van der Waals surface area contributed by atoms with Crippen molar-refractivity contribution >= 4 is 52.2 Å². The molecule has 1 saturated heterocycles. The van der Waals surface area contributed by atoms with Gasteiger partial charge in [-0.15, -0.1) is 11.3 Å². The molecule has 1 aromatic heterocycles. The number of carbonyl (C=O) groups excluding carboxylic acids is 2. The smallest absolute Gasteiger partial charge is 0.270 e. The van der Waals surface area contributed by atoms with E-state index in [0.29, 0.717) is 11.4 Å². The highest BCUT2D eigenvalue weighted by Crippen LogP contribution is 2.33. The predicted molar refractivity (Wildman–Crippen MR) is 150 cm³/mol. The van der Waals surface area contributed by atoms with Gasteiger partial charge < -0.3 is 4.74 Å². The number of nitrogens with zero attached hydrogens (tertiary/aromatic N) is 1. The zero-order valence-corrected chi connectivity index (χ0v) is 21.4. The summed E-state index contributed by atoms with van der Waals surface area (Å²) in [7, 11) is 0. The van der Waals surface area contributed by atoms with Crippen molar-refractivity contribution in [1.29, 1.82) is 0 Å². The van der Waals surface area contributed by atoms with Gasteiger partial charge in [-0.25, -0.2) is 0 Å². The van der Waals surface area contributed by atoms with E-state index in [9.17, 15) is 9.59 Å². The number of fused-ring (bicyclic) bond motifs is 2. The normalized spacial score (nSPS) is 16.2. The van der Waals surface area contributed by atoms with Crippen molar-refractivity contribution in [3.63, 3.8) is 0 Å². The third-order valence-electron chi connectivity index (χ3n) is 6.50. The average Bonchev–Trinajstić information content (AvgIpc) is 3.20. The van der Waals surface area contributed by atoms with E-state index in [1.54, 1.807) is 41.7 Å². The number of para-hydroxylation sites is 1. The van der Waals surface area contributed by atoms with E-state index < -0.39 is 11.8 Å². The number of hydrogen-bond donors (Lipinski definition) is 1. The van der Waals surface area contributed by atoms with Gasteiger partial charge in [0.25, 0.3) is 11.8 Å². The Labute approximate surface area is 224 Å². The average molecular weight is 523 g/mol. The first-order valence-electron chi connectivity index (χ1n) is 12.0. The number of anilines is 1. The first kappa shape index (κ1) is 23.3. The SMILES string of the molecule is O=C1NC(=S)N(c2ccc(Oc3ccccc3)cc2)C(=O)C1=Cc1cc2c(s1)CCc1ccccc1C2. The fourth-order valence-electron chi connectivity index (χ4n) is 4.67. The van der Waals surface area contributed by atoms with Crippen LogP contribution in [0.2, 0.25) is 0 Å². The molecule has 182 valence electrons. The number of hydrogen-bond acceptors (Lipinski definition) is 5. The summed E-state index contributed by atoms with van der Waals surface area (Å²) < 4.78 is 5.85. The van der Waals surface area contributed by atoms with Crippen LogP contribution in [0.1, 0.15) is 26.4 Å². The molecule has 3 aromatic carbocycles. The van der Waals surface area contributed by atoms with Crippen LogP contribution >= 0.6 is 23.6 Å². The molecule has 1 aliphatic heterocycles. The molecule has 4 aromatic rings. The zero-order valence-electron chi connectivity index (χ0n) is 19.8. The Morgan fingerprint density at radius 1 is 0.838 bits per heavy atom. The maximum Gasteiger partial charge on any atom is 0.270 e. The largest absolute Gasteiger partial charge is 0.457 e. The number of benzene rings is 3. The van der Waals surface area contributed by atoms with E-state index in [-0.39, 0.29) is 10.7 Å². The van der Waals surface area contributed by atoms with Crippen LogP contribution in [0.25, 0.3) is 6.08 Å². The third kappa shape index (κ3) is 4.71. The Kier molecular flexibility index (Phi) is 6.16. The second kappa shape index (κ2) is 9.76. The van der Waals surface area contributed by atoms with Gasteiger partial charge in [-0.05, 0) is 96.7 Å². The van der Waals surface area contributed by atoms with Gasteiger partial charge in [0.1, 0.15) is 17.1 Å². The molecule has 0 spiro atoms. The monoisotopic (exact) mass is 522 g/mol. The lowest BCUT2D eigenvalue weighted by Gasteiger charge is -2.28.